The van der Waals surface area contributed by atoms with Gasteiger partial charge in [0.05, 0.1) is 13.2 Å². The Balaban J connectivity index is 0.00000200. The number of benzene rings is 1. The number of ether oxygens (including phenoxy) is 1. The monoisotopic (exact) mass is 302 g/mol. The Morgan fingerprint density at radius 1 is 1.25 bits per heavy atom. The summed E-state index contributed by atoms with van der Waals surface area (Å²) in [5.41, 5.74) is 3.21. The molecule has 1 saturated heterocycles. The van der Waals surface area contributed by atoms with Crippen molar-refractivity contribution in [2.24, 2.45) is 0 Å². The smallest absolute Gasteiger partial charge is 0.124 e. The minimum Gasteiger partial charge on any atom is -0.496 e. The van der Waals surface area contributed by atoms with Crippen molar-refractivity contribution in [1.82, 2.24) is 10.2 Å². The Morgan fingerprint density at radius 2 is 1.80 bits per heavy atom. The maximum atomic E-state index is 13.5. The lowest BCUT2D eigenvalue weighted by molar-refractivity contribution is 0.147. The molecule has 0 spiro atoms. The molecule has 1 fully saturated rings. The van der Waals surface area contributed by atoms with Crippen molar-refractivity contribution in [3.63, 3.8) is 0 Å². The van der Waals surface area contributed by atoms with Crippen LogP contribution in [0.15, 0.2) is 12.1 Å². The molecule has 1 aliphatic rings. The fourth-order valence-corrected chi connectivity index (χ4v) is 2.89. The summed E-state index contributed by atoms with van der Waals surface area (Å²) >= 11 is 0. The standard InChI is InChI=1S/C15H23FN2O.ClH/c1-11-8-13(9-12(2)15(11)19-3)14(10-16)18-6-4-17-5-7-18;/h8-9,14,17H,4-7,10H2,1-3H3;1H/t14-;/m0./s1. The Kier molecular flexibility index (Phi) is 6.72. The molecule has 20 heavy (non-hydrogen) atoms. The first-order valence-electron chi connectivity index (χ1n) is 6.83. The van der Waals surface area contributed by atoms with E-state index in [0.29, 0.717) is 0 Å². The summed E-state index contributed by atoms with van der Waals surface area (Å²) in [5, 5.41) is 3.30. The number of hydrogen-bond acceptors (Lipinski definition) is 3. The van der Waals surface area contributed by atoms with E-state index < -0.39 is 0 Å². The molecule has 0 aromatic heterocycles. The second-order valence-corrected chi connectivity index (χ2v) is 5.14. The van der Waals surface area contributed by atoms with Gasteiger partial charge in [-0.3, -0.25) is 4.90 Å². The zero-order chi connectivity index (χ0) is 13.8. The molecule has 114 valence electrons. The van der Waals surface area contributed by atoms with Crippen LogP contribution in [0.4, 0.5) is 4.39 Å². The second-order valence-electron chi connectivity index (χ2n) is 5.14. The van der Waals surface area contributed by atoms with Gasteiger partial charge in [0, 0.05) is 26.2 Å². The number of aryl methyl sites for hydroxylation is 2. The van der Waals surface area contributed by atoms with Crippen LogP contribution in [0.5, 0.6) is 5.75 Å². The molecule has 1 atom stereocenters. The first-order valence-corrected chi connectivity index (χ1v) is 6.83. The fraction of sp³-hybridized carbons (Fsp3) is 0.600. The molecule has 1 aliphatic heterocycles. The summed E-state index contributed by atoms with van der Waals surface area (Å²) < 4.78 is 18.9. The van der Waals surface area contributed by atoms with Crippen molar-refractivity contribution < 1.29 is 9.13 Å². The lowest BCUT2D eigenvalue weighted by Crippen LogP contribution is -2.45. The van der Waals surface area contributed by atoms with Gasteiger partial charge in [0.15, 0.2) is 0 Å². The van der Waals surface area contributed by atoms with Crippen molar-refractivity contribution in [3.8, 4) is 5.75 Å². The summed E-state index contributed by atoms with van der Waals surface area (Å²) in [6.45, 7) is 7.36. The molecule has 0 radical (unpaired) electrons. The van der Waals surface area contributed by atoms with Gasteiger partial charge in [0.25, 0.3) is 0 Å². The third kappa shape index (κ3) is 3.62. The maximum Gasteiger partial charge on any atom is 0.124 e. The number of halogens is 2. The van der Waals surface area contributed by atoms with Gasteiger partial charge in [-0.1, -0.05) is 12.1 Å². The molecule has 2 rings (SSSR count). The van der Waals surface area contributed by atoms with Gasteiger partial charge >= 0.3 is 0 Å². The topological polar surface area (TPSA) is 24.5 Å². The molecule has 5 heteroatoms. The van der Waals surface area contributed by atoms with E-state index in [1.165, 1.54) is 0 Å². The molecule has 1 N–H and O–H groups in total. The normalized spacial score (nSPS) is 17.4. The summed E-state index contributed by atoms with van der Waals surface area (Å²) in [6.07, 6.45) is 0. The highest BCUT2D eigenvalue weighted by molar-refractivity contribution is 5.85. The summed E-state index contributed by atoms with van der Waals surface area (Å²) in [5.74, 6) is 0.904. The van der Waals surface area contributed by atoms with Gasteiger partial charge in [-0.05, 0) is 30.5 Å². The molecule has 0 unspecified atom stereocenters. The van der Waals surface area contributed by atoms with Gasteiger partial charge in [0.1, 0.15) is 12.4 Å². The van der Waals surface area contributed by atoms with E-state index in [1.54, 1.807) is 7.11 Å². The third-order valence-electron chi connectivity index (χ3n) is 3.81. The number of methoxy groups -OCH3 is 1. The predicted molar refractivity (Wildman–Crippen MR) is 82.9 cm³/mol. The van der Waals surface area contributed by atoms with E-state index in [0.717, 1.165) is 48.6 Å². The first-order chi connectivity index (χ1) is 9.17. The van der Waals surface area contributed by atoms with Crippen molar-refractivity contribution in [2.45, 2.75) is 19.9 Å². The van der Waals surface area contributed by atoms with Gasteiger partial charge in [-0.15, -0.1) is 12.4 Å². The Labute approximate surface area is 126 Å². The Morgan fingerprint density at radius 3 is 2.25 bits per heavy atom. The summed E-state index contributed by atoms with van der Waals surface area (Å²) in [6, 6.07) is 3.97. The summed E-state index contributed by atoms with van der Waals surface area (Å²) in [7, 11) is 1.68. The van der Waals surface area contributed by atoms with Crippen molar-refractivity contribution >= 4 is 12.4 Å². The van der Waals surface area contributed by atoms with Crippen LogP contribution in [-0.4, -0.2) is 44.9 Å². The average Bonchev–Trinajstić information content (AvgIpc) is 2.40. The van der Waals surface area contributed by atoms with Crippen LogP contribution in [0.2, 0.25) is 0 Å². The van der Waals surface area contributed by atoms with Crippen LogP contribution in [0.3, 0.4) is 0 Å². The van der Waals surface area contributed by atoms with E-state index in [9.17, 15) is 4.39 Å². The minimum atomic E-state index is -0.342. The molecule has 1 aromatic rings. The van der Waals surface area contributed by atoms with E-state index in [4.69, 9.17) is 4.74 Å². The molecule has 0 bridgehead atoms. The molecule has 0 aliphatic carbocycles. The lowest BCUT2D eigenvalue weighted by atomic mass is 9.99. The SMILES string of the molecule is COc1c(C)cc([C@H](CF)N2CCNCC2)cc1C.Cl. The molecule has 3 nitrogen and oxygen atoms in total. The van der Waals surface area contributed by atoms with Crippen LogP contribution in [0.25, 0.3) is 0 Å². The molecule has 1 heterocycles. The first kappa shape index (κ1) is 17.2. The second kappa shape index (κ2) is 7.81. The molecule has 0 saturated carbocycles. The van der Waals surface area contributed by atoms with Crippen molar-refractivity contribution in [2.75, 3.05) is 40.0 Å². The number of piperazine rings is 1. The average molecular weight is 303 g/mol. The van der Waals surface area contributed by atoms with Gasteiger partial charge in [-0.2, -0.15) is 0 Å². The third-order valence-corrected chi connectivity index (χ3v) is 3.81. The lowest BCUT2D eigenvalue weighted by Gasteiger charge is -2.34. The van der Waals surface area contributed by atoms with Crippen LogP contribution in [-0.2, 0) is 0 Å². The van der Waals surface area contributed by atoms with Gasteiger partial charge < -0.3 is 10.1 Å². The van der Waals surface area contributed by atoms with Gasteiger partial charge in [-0.25, -0.2) is 4.39 Å². The fourth-order valence-electron chi connectivity index (χ4n) is 2.89. The number of nitrogens with one attached hydrogen (secondary N) is 1. The highest BCUT2D eigenvalue weighted by atomic mass is 35.5. The van der Waals surface area contributed by atoms with Crippen molar-refractivity contribution in [3.05, 3.63) is 28.8 Å². The van der Waals surface area contributed by atoms with E-state index in [2.05, 4.69) is 22.3 Å². The van der Waals surface area contributed by atoms with Crippen LogP contribution in [0, 0.1) is 13.8 Å². The highest BCUT2D eigenvalue weighted by Gasteiger charge is 2.23. The van der Waals surface area contributed by atoms with E-state index in [-0.39, 0.29) is 25.1 Å². The van der Waals surface area contributed by atoms with Gasteiger partial charge in [0.2, 0.25) is 0 Å². The highest BCUT2D eigenvalue weighted by Crippen LogP contribution is 2.30. The predicted octanol–water partition coefficient (Wildman–Crippen LogP) is 2.65. The number of hydrogen-bond donors (Lipinski definition) is 1. The quantitative estimate of drug-likeness (QED) is 0.925. The van der Waals surface area contributed by atoms with Crippen LogP contribution >= 0.6 is 12.4 Å². The zero-order valence-electron chi connectivity index (χ0n) is 12.4. The van der Waals surface area contributed by atoms with E-state index in [1.807, 2.05) is 13.8 Å². The van der Waals surface area contributed by atoms with Crippen LogP contribution in [0.1, 0.15) is 22.7 Å². The number of nitrogens with zero attached hydrogens (tertiary/aromatic N) is 1. The largest absolute Gasteiger partial charge is 0.496 e. The maximum absolute atomic E-state index is 13.5. The summed E-state index contributed by atoms with van der Waals surface area (Å²) in [4.78, 5) is 2.22. The Bertz CT molecular complexity index is 413. The molecule has 0 amide bonds. The molecular formula is C15H24ClFN2O. The Hall–Kier alpha value is -0.840. The molecule has 1 aromatic carbocycles. The van der Waals surface area contributed by atoms with Crippen LogP contribution < -0.4 is 10.1 Å². The minimum absolute atomic E-state index is 0. The zero-order valence-corrected chi connectivity index (χ0v) is 13.2. The van der Waals surface area contributed by atoms with E-state index >= 15 is 0 Å². The number of rotatable bonds is 4. The molecular weight excluding hydrogens is 279 g/mol. The number of alkyl halides is 1. The van der Waals surface area contributed by atoms with Crippen molar-refractivity contribution in [1.29, 1.82) is 0 Å².